The largest absolute Gasteiger partial charge is 0.496 e. The highest BCUT2D eigenvalue weighted by Crippen LogP contribution is 2.48. The molecule has 0 saturated heterocycles. The van der Waals surface area contributed by atoms with Gasteiger partial charge < -0.3 is 19.1 Å². The van der Waals surface area contributed by atoms with Gasteiger partial charge in [-0.15, -0.1) is 0 Å². The fraction of sp³-hybridized carbons (Fsp3) is 0.348. The molecule has 0 bridgehead atoms. The van der Waals surface area contributed by atoms with E-state index in [2.05, 4.69) is 20.9 Å². The van der Waals surface area contributed by atoms with Gasteiger partial charge in [0, 0.05) is 29.0 Å². The molecule has 8 nitrogen and oxygen atoms in total. The summed E-state index contributed by atoms with van der Waals surface area (Å²) in [5, 5.41) is 9.28. The van der Waals surface area contributed by atoms with Crippen LogP contribution < -0.4 is 9.47 Å². The average Bonchev–Trinajstić information content (AvgIpc) is 2.78. The molecule has 0 aliphatic carbocycles. The van der Waals surface area contributed by atoms with Gasteiger partial charge in [0.05, 0.1) is 31.0 Å². The van der Waals surface area contributed by atoms with Gasteiger partial charge >= 0.3 is 5.97 Å². The van der Waals surface area contributed by atoms with Crippen LogP contribution in [-0.2, 0) is 9.53 Å². The molecule has 0 saturated carbocycles. The van der Waals surface area contributed by atoms with Gasteiger partial charge in [0.1, 0.15) is 11.7 Å². The van der Waals surface area contributed by atoms with Crippen LogP contribution in [0, 0.1) is 23.8 Å². The molecule has 2 unspecified atom stereocenters. The van der Waals surface area contributed by atoms with Crippen LogP contribution in [0.2, 0.25) is 0 Å². The van der Waals surface area contributed by atoms with E-state index in [1.165, 1.54) is 7.11 Å². The summed E-state index contributed by atoms with van der Waals surface area (Å²) in [6, 6.07) is 8.95. The number of hydrogen-bond donors (Lipinski definition) is 0. The lowest BCUT2D eigenvalue weighted by atomic mass is 9.75. The number of hydrogen-bond acceptors (Lipinski definition) is 7. The fourth-order valence-corrected chi connectivity index (χ4v) is 3.71. The van der Waals surface area contributed by atoms with Crippen molar-refractivity contribution in [1.82, 2.24) is 4.98 Å². The third kappa shape index (κ3) is 4.34. The number of ether oxygens (including phenoxy) is 3. The molecule has 2 heterocycles. The van der Waals surface area contributed by atoms with Crippen molar-refractivity contribution in [3.05, 3.63) is 58.6 Å². The summed E-state index contributed by atoms with van der Waals surface area (Å²) in [5.74, 6) is -0.950. The Kier molecular flexibility index (Phi) is 6.84. The van der Waals surface area contributed by atoms with Crippen LogP contribution in [0.5, 0.6) is 11.6 Å². The Morgan fingerprint density at radius 1 is 1.35 bits per heavy atom. The van der Waals surface area contributed by atoms with E-state index in [0.29, 0.717) is 46.3 Å². The zero-order chi connectivity index (χ0) is 22.4. The highest BCUT2D eigenvalue weighted by Gasteiger charge is 2.42. The van der Waals surface area contributed by atoms with E-state index in [-0.39, 0.29) is 13.2 Å². The number of carbonyl (C=O) groups is 1. The van der Waals surface area contributed by atoms with Crippen LogP contribution in [0.15, 0.2) is 35.5 Å². The van der Waals surface area contributed by atoms with E-state index in [0.717, 1.165) is 0 Å². The molecule has 3 rings (SSSR count). The van der Waals surface area contributed by atoms with E-state index in [9.17, 15) is 10.1 Å². The molecule has 0 fully saturated rings. The zero-order valence-corrected chi connectivity index (χ0v) is 17.6. The summed E-state index contributed by atoms with van der Waals surface area (Å²) >= 11 is 0. The Balaban J connectivity index is 2.22. The van der Waals surface area contributed by atoms with Gasteiger partial charge in [-0.2, -0.15) is 5.26 Å². The minimum absolute atomic E-state index is 0.00154. The molecule has 31 heavy (non-hydrogen) atoms. The Hall–Kier alpha value is -3.91. The standard InChI is InChI=1S/C23H22N4O4/c1-5-30-22-21-17(8-9-26-22)27-14(2)19(23(28)31-11-10-25-3)20(21)16-7-6-15(13-24)12-18(16)29-4/h6-9,12,19-20H,5,10-11H2,1-2,4H3. The number of carbonyl (C=O) groups excluding carboxylic acids is 1. The smallest absolute Gasteiger partial charge is 0.315 e. The molecule has 8 heteroatoms. The zero-order valence-electron chi connectivity index (χ0n) is 17.6. The number of rotatable bonds is 7. The molecule has 2 aromatic rings. The van der Waals surface area contributed by atoms with Gasteiger partial charge in [-0.3, -0.25) is 9.79 Å². The fourth-order valence-electron chi connectivity index (χ4n) is 3.71. The first-order valence-electron chi connectivity index (χ1n) is 9.80. The van der Waals surface area contributed by atoms with Crippen molar-refractivity contribution < 1.29 is 19.0 Å². The third-order valence-electron chi connectivity index (χ3n) is 5.00. The second kappa shape index (κ2) is 9.73. The maximum atomic E-state index is 13.1. The summed E-state index contributed by atoms with van der Waals surface area (Å²) in [6.07, 6.45) is 1.61. The molecule has 0 spiro atoms. The number of nitriles is 1. The molecule has 158 valence electrons. The summed E-state index contributed by atoms with van der Waals surface area (Å²) in [5.41, 5.74) is 3.01. The summed E-state index contributed by atoms with van der Waals surface area (Å²) in [4.78, 5) is 25.3. The number of methoxy groups -OCH3 is 1. The van der Waals surface area contributed by atoms with Gasteiger partial charge in [0.15, 0.2) is 6.61 Å². The quantitative estimate of drug-likeness (QED) is 0.386. The monoisotopic (exact) mass is 418 g/mol. The van der Waals surface area contributed by atoms with Crippen LogP contribution in [-0.4, -0.2) is 43.5 Å². The molecular formula is C23H22N4O4. The summed E-state index contributed by atoms with van der Waals surface area (Å²) in [7, 11) is 1.51. The molecule has 1 aromatic heterocycles. The Labute approximate surface area is 180 Å². The van der Waals surface area contributed by atoms with Crippen LogP contribution in [0.25, 0.3) is 4.85 Å². The maximum Gasteiger partial charge on any atom is 0.315 e. The molecule has 1 aliphatic rings. The van der Waals surface area contributed by atoms with E-state index >= 15 is 0 Å². The van der Waals surface area contributed by atoms with Crippen molar-refractivity contribution in [3.63, 3.8) is 0 Å². The van der Waals surface area contributed by atoms with E-state index in [1.54, 1.807) is 37.4 Å². The van der Waals surface area contributed by atoms with E-state index in [1.807, 2.05) is 6.92 Å². The van der Waals surface area contributed by atoms with Gasteiger partial charge in [-0.05, 0) is 32.0 Å². The van der Waals surface area contributed by atoms with Gasteiger partial charge in [-0.25, -0.2) is 11.6 Å². The maximum absolute atomic E-state index is 13.1. The van der Waals surface area contributed by atoms with Crippen LogP contribution >= 0.6 is 0 Å². The molecular weight excluding hydrogens is 396 g/mol. The Bertz CT molecular complexity index is 1100. The highest BCUT2D eigenvalue weighted by atomic mass is 16.5. The van der Waals surface area contributed by atoms with E-state index in [4.69, 9.17) is 20.8 Å². The third-order valence-corrected chi connectivity index (χ3v) is 5.00. The van der Waals surface area contributed by atoms with Crippen molar-refractivity contribution >= 4 is 17.4 Å². The van der Waals surface area contributed by atoms with Crippen molar-refractivity contribution in [1.29, 1.82) is 5.26 Å². The van der Waals surface area contributed by atoms with Crippen LogP contribution in [0.1, 0.15) is 36.5 Å². The summed E-state index contributed by atoms with van der Waals surface area (Å²) in [6.45, 7) is 11.0. The predicted molar refractivity (Wildman–Crippen MR) is 114 cm³/mol. The van der Waals surface area contributed by atoms with Gasteiger partial charge in [-0.1, -0.05) is 6.07 Å². The highest BCUT2D eigenvalue weighted by molar-refractivity contribution is 6.05. The average molecular weight is 418 g/mol. The number of pyridine rings is 1. The lowest BCUT2D eigenvalue weighted by Crippen LogP contribution is -2.34. The number of esters is 1. The minimum Gasteiger partial charge on any atom is -0.496 e. The van der Waals surface area contributed by atoms with Gasteiger partial charge in [0.25, 0.3) is 0 Å². The van der Waals surface area contributed by atoms with Crippen LogP contribution in [0.3, 0.4) is 0 Å². The number of fused-ring (bicyclic) bond motifs is 1. The minimum atomic E-state index is -0.761. The number of aromatic nitrogens is 1. The molecule has 2 atom stereocenters. The van der Waals surface area contributed by atoms with Crippen molar-refractivity contribution in [2.45, 2.75) is 19.8 Å². The van der Waals surface area contributed by atoms with Gasteiger partial charge in [0.2, 0.25) is 12.4 Å². The topological polar surface area (TPSA) is 98.2 Å². The molecule has 1 aliphatic heterocycles. The first kappa shape index (κ1) is 21.8. The predicted octanol–water partition coefficient (Wildman–Crippen LogP) is 3.68. The lowest BCUT2D eigenvalue weighted by molar-refractivity contribution is -0.146. The van der Waals surface area contributed by atoms with Crippen molar-refractivity contribution in [2.75, 3.05) is 26.9 Å². The second-order valence-corrected chi connectivity index (χ2v) is 6.81. The normalized spacial score (nSPS) is 16.9. The SMILES string of the molecule is [C-]#[N+]CCOC(=O)C1C(C)=Nc2ccnc(OCC)c2C1c1ccc(C#N)cc1OC. The molecule has 0 radical (unpaired) electrons. The summed E-state index contributed by atoms with van der Waals surface area (Å²) < 4.78 is 16.7. The lowest BCUT2D eigenvalue weighted by Gasteiger charge is -2.32. The Morgan fingerprint density at radius 3 is 2.84 bits per heavy atom. The molecule has 0 amide bonds. The number of aliphatic imine (C=N–C) groups is 1. The van der Waals surface area contributed by atoms with Crippen molar-refractivity contribution in [2.24, 2.45) is 10.9 Å². The second-order valence-electron chi connectivity index (χ2n) is 6.81. The number of benzene rings is 1. The molecule has 0 N–H and O–H groups in total. The van der Waals surface area contributed by atoms with E-state index < -0.39 is 17.8 Å². The molecule has 1 aromatic carbocycles. The Morgan fingerprint density at radius 2 is 2.16 bits per heavy atom. The van der Waals surface area contributed by atoms with Crippen LogP contribution in [0.4, 0.5) is 5.69 Å². The number of nitrogens with zero attached hydrogens (tertiary/aromatic N) is 4. The first-order chi connectivity index (χ1) is 15.0. The van der Waals surface area contributed by atoms with Crippen molar-refractivity contribution in [3.8, 4) is 17.7 Å². The first-order valence-corrected chi connectivity index (χ1v) is 9.80.